The van der Waals surface area contributed by atoms with E-state index in [9.17, 15) is 9.59 Å². The van der Waals surface area contributed by atoms with Crippen LogP contribution in [0, 0.1) is 6.92 Å². The fourth-order valence-electron chi connectivity index (χ4n) is 1.76. The first-order valence-corrected chi connectivity index (χ1v) is 5.92. The fourth-order valence-corrected chi connectivity index (χ4v) is 1.76. The molecule has 7 nitrogen and oxygen atoms in total. The number of aromatic nitrogens is 2. The van der Waals surface area contributed by atoms with Crippen LogP contribution in [0.4, 0.5) is 0 Å². The number of nitrogens with one attached hydrogen (secondary N) is 3. The van der Waals surface area contributed by atoms with Crippen molar-refractivity contribution in [3.63, 3.8) is 0 Å². The van der Waals surface area contributed by atoms with Crippen LogP contribution in [0.5, 0.6) is 0 Å². The molecule has 1 fully saturated rings. The number of carbonyl (C=O) groups excluding carboxylic acids is 2. The molecule has 98 valence electrons. The fraction of sp³-hybridized carbons (Fsp3) is 0.545. The maximum atomic E-state index is 11.7. The van der Waals surface area contributed by atoms with Crippen molar-refractivity contribution < 1.29 is 9.59 Å². The third-order valence-electron chi connectivity index (χ3n) is 2.73. The average Bonchev–Trinajstić information content (AvgIpc) is 2.76. The molecule has 1 unspecified atom stereocenters. The summed E-state index contributed by atoms with van der Waals surface area (Å²) in [5, 5.41) is 12.5. The molecule has 1 saturated heterocycles. The van der Waals surface area contributed by atoms with E-state index >= 15 is 0 Å². The van der Waals surface area contributed by atoms with Crippen LogP contribution in [0.1, 0.15) is 5.56 Å². The van der Waals surface area contributed by atoms with Gasteiger partial charge >= 0.3 is 0 Å². The minimum absolute atomic E-state index is 0.0777. The lowest BCUT2D eigenvalue weighted by molar-refractivity contribution is -0.126. The van der Waals surface area contributed by atoms with Gasteiger partial charge in [0.25, 0.3) is 0 Å². The van der Waals surface area contributed by atoms with Gasteiger partial charge in [-0.15, -0.1) is 0 Å². The van der Waals surface area contributed by atoms with E-state index in [1.54, 1.807) is 10.9 Å². The molecular formula is C11H17N5O2. The Hall–Kier alpha value is -1.89. The quantitative estimate of drug-likeness (QED) is 0.601. The molecule has 0 aliphatic carbocycles. The molecule has 0 radical (unpaired) electrons. The van der Waals surface area contributed by atoms with Crippen LogP contribution in [0.15, 0.2) is 12.4 Å². The van der Waals surface area contributed by atoms with Crippen molar-refractivity contribution in [2.24, 2.45) is 0 Å². The largest absolute Gasteiger partial charge is 0.353 e. The summed E-state index contributed by atoms with van der Waals surface area (Å²) in [7, 11) is 0. The van der Waals surface area contributed by atoms with Crippen molar-refractivity contribution in [1.29, 1.82) is 0 Å². The molecule has 3 N–H and O–H groups in total. The summed E-state index contributed by atoms with van der Waals surface area (Å²) in [4.78, 5) is 22.7. The Morgan fingerprint density at radius 2 is 2.50 bits per heavy atom. The summed E-state index contributed by atoms with van der Waals surface area (Å²) in [5.41, 5.74) is 1.10. The Bertz CT molecular complexity index is 432. The van der Waals surface area contributed by atoms with Gasteiger partial charge in [0.15, 0.2) is 0 Å². The molecule has 0 spiro atoms. The molecule has 7 heteroatoms. The highest BCUT2D eigenvalue weighted by Crippen LogP contribution is 1.93. The van der Waals surface area contributed by atoms with Crippen LogP contribution >= 0.6 is 0 Å². The van der Waals surface area contributed by atoms with Crippen molar-refractivity contribution >= 4 is 11.8 Å². The van der Waals surface area contributed by atoms with Crippen molar-refractivity contribution in [3.8, 4) is 0 Å². The van der Waals surface area contributed by atoms with Crippen molar-refractivity contribution in [2.45, 2.75) is 19.5 Å². The molecule has 2 rings (SSSR count). The number of piperazine rings is 1. The molecule has 0 bridgehead atoms. The first-order valence-electron chi connectivity index (χ1n) is 5.92. The lowest BCUT2D eigenvalue weighted by Gasteiger charge is -2.23. The second-order valence-electron chi connectivity index (χ2n) is 4.31. The third kappa shape index (κ3) is 3.30. The van der Waals surface area contributed by atoms with Gasteiger partial charge in [-0.25, -0.2) is 0 Å². The van der Waals surface area contributed by atoms with E-state index in [2.05, 4.69) is 21.0 Å². The monoisotopic (exact) mass is 251 g/mol. The van der Waals surface area contributed by atoms with Crippen LogP contribution in [-0.4, -0.2) is 47.3 Å². The van der Waals surface area contributed by atoms with E-state index in [1.807, 2.05) is 13.1 Å². The Balaban J connectivity index is 1.70. The minimum Gasteiger partial charge on any atom is -0.353 e. The highest BCUT2D eigenvalue weighted by atomic mass is 16.2. The van der Waals surface area contributed by atoms with E-state index < -0.39 is 0 Å². The van der Waals surface area contributed by atoms with Gasteiger partial charge in [0.05, 0.1) is 19.3 Å². The Morgan fingerprint density at radius 1 is 1.67 bits per heavy atom. The minimum atomic E-state index is -0.345. The average molecular weight is 251 g/mol. The van der Waals surface area contributed by atoms with Gasteiger partial charge in [0, 0.05) is 19.3 Å². The summed E-state index contributed by atoms with van der Waals surface area (Å²) < 4.78 is 1.78. The number of carbonyl (C=O) groups is 2. The van der Waals surface area contributed by atoms with Crippen molar-refractivity contribution in [3.05, 3.63) is 18.0 Å². The molecular weight excluding hydrogens is 234 g/mol. The second kappa shape index (κ2) is 5.63. The van der Waals surface area contributed by atoms with E-state index in [-0.39, 0.29) is 24.4 Å². The van der Waals surface area contributed by atoms with Crippen LogP contribution in [0.2, 0.25) is 0 Å². The molecule has 18 heavy (non-hydrogen) atoms. The molecule has 1 aromatic rings. The van der Waals surface area contributed by atoms with Crippen LogP contribution in [0.25, 0.3) is 0 Å². The van der Waals surface area contributed by atoms with Gasteiger partial charge in [-0.1, -0.05) is 0 Å². The van der Waals surface area contributed by atoms with E-state index in [0.717, 1.165) is 5.56 Å². The lowest BCUT2D eigenvalue weighted by atomic mass is 10.2. The molecule has 1 aliphatic rings. The van der Waals surface area contributed by atoms with Crippen molar-refractivity contribution in [1.82, 2.24) is 25.7 Å². The first kappa shape index (κ1) is 12.6. The summed E-state index contributed by atoms with van der Waals surface area (Å²) in [5.74, 6) is -0.176. The van der Waals surface area contributed by atoms with Crippen LogP contribution in [-0.2, 0) is 16.1 Å². The van der Waals surface area contributed by atoms with Gasteiger partial charge in [-0.3, -0.25) is 19.6 Å². The maximum Gasteiger partial charge on any atom is 0.239 e. The molecule has 0 saturated carbocycles. The zero-order chi connectivity index (χ0) is 13.0. The third-order valence-corrected chi connectivity index (χ3v) is 2.73. The number of hydrogen-bond acceptors (Lipinski definition) is 4. The second-order valence-corrected chi connectivity index (χ2v) is 4.31. The van der Waals surface area contributed by atoms with E-state index in [1.165, 1.54) is 0 Å². The Kier molecular flexibility index (Phi) is 3.93. The molecule has 2 amide bonds. The summed E-state index contributed by atoms with van der Waals surface area (Å²) in [6.07, 6.45) is 3.70. The standard InChI is InChI=1S/C11H17N5O2/c1-8-4-15-16(7-8)3-2-12-11(18)9-5-14-10(17)6-13-9/h4,7,9,13H,2-3,5-6H2,1H3,(H,12,18)(H,14,17). The normalized spacial score (nSPS) is 19.4. The van der Waals surface area contributed by atoms with Gasteiger partial charge < -0.3 is 10.6 Å². The number of nitrogens with zero attached hydrogens (tertiary/aromatic N) is 2. The van der Waals surface area contributed by atoms with Gasteiger partial charge in [0.1, 0.15) is 6.04 Å². The summed E-state index contributed by atoms with van der Waals surface area (Å²) >= 11 is 0. The highest BCUT2D eigenvalue weighted by molar-refractivity contribution is 5.86. The first-order chi connectivity index (χ1) is 8.65. The number of amides is 2. The number of aryl methyl sites for hydroxylation is 1. The van der Waals surface area contributed by atoms with Gasteiger partial charge in [-0.2, -0.15) is 5.10 Å². The SMILES string of the molecule is Cc1cnn(CCNC(=O)C2CNC(=O)CN2)c1. The summed E-state index contributed by atoms with van der Waals surface area (Å²) in [6.45, 7) is 3.66. The highest BCUT2D eigenvalue weighted by Gasteiger charge is 2.23. The molecule has 1 atom stereocenters. The zero-order valence-corrected chi connectivity index (χ0v) is 10.3. The molecule has 2 heterocycles. The smallest absolute Gasteiger partial charge is 0.239 e. The predicted octanol–water partition coefficient (Wildman–Crippen LogP) is -1.60. The number of rotatable bonds is 4. The molecule has 1 aliphatic heterocycles. The van der Waals surface area contributed by atoms with Gasteiger partial charge in [-0.05, 0) is 12.5 Å². The van der Waals surface area contributed by atoms with Crippen LogP contribution in [0.3, 0.4) is 0 Å². The van der Waals surface area contributed by atoms with Crippen LogP contribution < -0.4 is 16.0 Å². The van der Waals surface area contributed by atoms with E-state index in [0.29, 0.717) is 19.6 Å². The van der Waals surface area contributed by atoms with E-state index in [4.69, 9.17) is 0 Å². The van der Waals surface area contributed by atoms with Gasteiger partial charge in [0.2, 0.25) is 11.8 Å². The molecule has 1 aromatic heterocycles. The summed E-state index contributed by atoms with van der Waals surface area (Å²) in [6, 6.07) is -0.345. The topological polar surface area (TPSA) is 88.1 Å². The van der Waals surface area contributed by atoms with Crippen molar-refractivity contribution in [2.75, 3.05) is 19.6 Å². The number of hydrogen-bond donors (Lipinski definition) is 3. The maximum absolute atomic E-state index is 11.7. The predicted molar refractivity (Wildman–Crippen MR) is 64.8 cm³/mol. The Labute approximate surface area is 105 Å². The Morgan fingerprint density at radius 3 is 3.11 bits per heavy atom. The zero-order valence-electron chi connectivity index (χ0n) is 10.3. The lowest BCUT2D eigenvalue weighted by Crippen LogP contribution is -2.58. The molecule has 0 aromatic carbocycles.